The number of hydrogen-bond acceptors (Lipinski definition) is 3. The molecule has 0 N–H and O–H groups in total. The van der Waals surface area contributed by atoms with Crippen molar-refractivity contribution in [1.29, 1.82) is 0 Å². The van der Waals surface area contributed by atoms with Crippen LogP contribution in [0.4, 0.5) is 0 Å². The summed E-state index contributed by atoms with van der Waals surface area (Å²) in [4.78, 5) is 21.8. The van der Waals surface area contributed by atoms with Gasteiger partial charge in [0.05, 0.1) is 6.19 Å². The zero-order chi connectivity index (χ0) is 5.98. The van der Waals surface area contributed by atoms with E-state index in [9.17, 15) is 9.59 Å². The van der Waals surface area contributed by atoms with Crippen LogP contribution in [0.1, 0.15) is 0 Å². The van der Waals surface area contributed by atoms with Gasteiger partial charge in [0.25, 0.3) is 7.41 Å². The molecule has 1 saturated heterocycles. The molecule has 3 nitrogen and oxygen atoms in total. The van der Waals surface area contributed by atoms with Crippen molar-refractivity contribution in [2.24, 2.45) is 0 Å². The third kappa shape index (κ3) is 0.951. The van der Waals surface area contributed by atoms with Crippen LogP contribution in [0.25, 0.3) is 0 Å². The summed E-state index contributed by atoms with van der Waals surface area (Å²) in [5.41, 5.74) is 0. The largest absolute Gasteiger partial charge is 0.326 e. The van der Waals surface area contributed by atoms with E-state index in [0.29, 0.717) is 20.5 Å². The molecule has 0 aliphatic carbocycles. The summed E-state index contributed by atoms with van der Waals surface area (Å²) in [7, 11) is 0.408. The monoisotopic (exact) mass is 111 g/mol. The smallest absolute Gasteiger partial charge is 0.281 e. The third-order valence-corrected chi connectivity index (χ3v) is 1.13. The minimum Gasteiger partial charge on any atom is -0.326 e. The van der Waals surface area contributed by atoms with E-state index in [-0.39, 0.29) is 5.78 Å². The van der Waals surface area contributed by atoms with E-state index in [1.165, 1.54) is 0 Å². The van der Waals surface area contributed by atoms with Gasteiger partial charge in [-0.3, -0.25) is 4.79 Å². The average molecular weight is 111 g/mol. The van der Waals surface area contributed by atoms with Crippen LogP contribution < -0.4 is 0 Å². The Morgan fingerprint density at radius 1 is 1.62 bits per heavy atom. The summed E-state index contributed by atoms with van der Waals surface area (Å²) in [6.45, 7) is 0.942. The molecule has 1 heterocycles. The summed E-state index contributed by atoms with van der Waals surface area (Å²) in [5, 5.41) is 0. The molecule has 8 heavy (non-hydrogen) atoms. The molecule has 0 aromatic carbocycles. The van der Waals surface area contributed by atoms with Crippen LogP contribution in [0, 0.1) is 0 Å². The van der Waals surface area contributed by atoms with Crippen LogP contribution in [0.5, 0.6) is 0 Å². The molecule has 0 unspecified atom stereocenters. The third-order valence-electron chi connectivity index (χ3n) is 1.13. The number of nitrogens with zero attached hydrogens (tertiary/aromatic N) is 1. The standard InChI is InChI=1S/C4H6BNO2/c7-3-5-6-1-4(8)2-6/h3,5H,1-2H2. The molecule has 0 bridgehead atoms. The Balaban J connectivity index is 2.15. The van der Waals surface area contributed by atoms with Crippen molar-refractivity contribution in [2.75, 3.05) is 13.1 Å². The average Bonchev–Trinajstić information content (AvgIpc) is 1.64. The Labute approximate surface area is 47.9 Å². The Bertz CT molecular complexity index is 114. The van der Waals surface area contributed by atoms with Crippen LogP contribution in [0.15, 0.2) is 0 Å². The molecule has 0 atom stereocenters. The molecule has 0 spiro atoms. The zero-order valence-corrected chi connectivity index (χ0v) is 4.46. The van der Waals surface area contributed by atoms with Gasteiger partial charge < -0.3 is 9.61 Å². The molecule has 42 valence electrons. The number of carbonyl (C=O) groups excluding carboxylic acids is 2. The number of hydrogen-bond donors (Lipinski definition) is 0. The lowest BCUT2D eigenvalue weighted by atomic mass is 9.90. The first-order valence-electron chi connectivity index (χ1n) is 2.50. The summed E-state index contributed by atoms with van der Waals surface area (Å²) in [5.74, 6) is 0.229. The maximum absolute atomic E-state index is 10.2. The van der Waals surface area contributed by atoms with Crippen molar-refractivity contribution in [2.45, 2.75) is 0 Å². The van der Waals surface area contributed by atoms with E-state index in [1.54, 1.807) is 4.81 Å². The molecule has 0 amide bonds. The fraction of sp³-hybridized carbons (Fsp3) is 0.500. The molecule has 1 fully saturated rings. The molecule has 0 radical (unpaired) electrons. The maximum Gasteiger partial charge on any atom is 0.281 e. The summed E-state index contributed by atoms with van der Waals surface area (Å²) < 4.78 is 0. The summed E-state index contributed by atoms with van der Waals surface area (Å²) >= 11 is 0. The van der Waals surface area contributed by atoms with Gasteiger partial charge in [0.1, 0.15) is 0 Å². The highest BCUT2D eigenvalue weighted by Crippen LogP contribution is 1.96. The predicted molar refractivity (Wildman–Crippen MR) is 30.5 cm³/mol. The Morgan fingerprint density at radius 3 is 2.62 bits per heavy atom. The maximum atomic E-state index is 10.2. The molecule has 1 rings (SSSR count). The van der Waals surface area contributed by atoms with E-state index in [2.05, 4.69) is 0 Å². The van der Waals surface area contributed by atoms with Gasteiger partial charge in [-0.05, 0) is 0 Å². The fourth-order valence-corrected chi connectivity index (χ4v) is 0.687. The zero-order valence-electron chi connectivity index (χ0n) is 4.46. The van der Waals surface area contributed by atoms with E-state index >= 15 is 0 Å². The molecule has 0 saturated carbocycles. The van der Waals surface area contributed by atoms with Crippen molar-refractivity contribution in [3.8, 4) is 0 Å². The van der Waals surface area contributed by atoms with Crippen LogP contribution >= 0.6 is 0 Å². The van der Waals surface area contributed by atoms with E-state index < -0.39 is 0 Å². The Kier molecular flexibility index (Phi) is 1.44. The molecule has 4 heteroatoms. The molecule has 1 aliphatic heterocycles. The minimum atomic E-state index is 0.229. The lowest BCUT2D eigenvalue weighted by Crippen LogP contribution is -2.49. The SMILES string of the molecule is O=CBN1CC(=O)C1. The van der Waals surface area contributed by atoms with Crippen molar-refractivity contribution >= 4 is 19.4 Å². The van der Waals surface area contributed by atoms with Gasteiger partial charge in [-0.2, -0.15) is 0 Å². The van der Waals surface area contributed by atoms with Gasteiger partial charge in [-0.25, -0.2) is 0 Å². The highest BCUT2D eigenvalue weighted by atomic mass is 16.1. The van der Waals surface area contributed by atoms with Crippen LogP contribution in [0.3, 0.4) is 0 Å². The van der Waals surface area contributed by atoms with Gasteiger partial charge in [0.15, 0.2) is 5.78 Å². The molecule has 0 aromatic rings. The van der Waals surface area contributed by atoms with Crippen molar-refractivity contribution in [3.63, 3.8) is 0 Å². The van der Waals surface area contributed by atoms with Gasteiger partial charge in [-0.15, -0.1) is 0 Å². The van der Waals surface area contributed by atoms with Crippen LogP contribution in [-0.2, 0) is 9.59 Å². The number of carbonyl (C=O) groups is 2. The topological polar surface area (TPSA) is 37.4 Å². The van der Waals surface area contributed by atoms with Crippen molar-refractivity contribution in [3.05, 3.63) is 0 Å². The molecular weight excluding hydrogens is 105 g/mol. The Hall–Kier alpha value is -0.635. The number of Topliss-reactive ketones (excluding diaryl/α,β-unsaturated/α-hetero) is 1. The second-order valence-electron chi connectivity index (χ2n) is 1.87. The predicted octanol–water partition coefficient (Wildman–Crippen LogP) is -1.59. The quantitative estimate of drug-likeness (QED) is 0.318. The number of ketones is 1. The molecule has 0 aromatic heterocycles. The van der Waals surface area contributed by atoms with Gasteiger partial charge in [-0.1, -0.05) is 0 Å². The van der Waals surface area contributed by atoms with Crippen LogP contribution in [0.2, 0.25) is 0 Å². The highest BCUT2D eigenvalue weighted by Gasteiger charge is 2.22. The second kappa shape index (κ2) is 2.09. The second-order valence-corrected chi connectivity index (χ2v) is 1.87. The number of rotatable bonds is 2. The minimum absolute atomic E-state index is 0.229. The normalized spacial score (nSPS) is 19.8. The van der Waals surface area contributed by atoms with E-state index in [0.717, 1.165) is 6.19 Å². The van der Waals surface area contributed by atoms with E-state index in [1.807, 2.05) is 0 Å². The van der Waals surface area contributed by atoms with Gasteiger partial charge in [0.2, 0.25) is 0 Å². The Morgan fingerprint density at radius 2 is 2.25 bits per heavy atom. The van der Waals surface area contributed by atoms with Gasteiger partial charge >= 0.3 is 0 Å². The first-order chi connectivity index (χ1) is 3.83. The first kappa shape index (κ1) is 5.50. The fourth-order valence-electron chi connectivity index (χ4n) is 0.687. The lowest BCUT2D eigenvalue weighted by Gasteiger charge is -2.26. The lowest BCUT2D eigenvalue weighted by molar-refractivity contribution is -0.125. The highest BCUT2D eigenvalue weighted by molar-refractivity contribution is 6.65. The molecule has 1 aliphatic rings. The van der Waals surface area contributed by atoms with E-state index in [4.69, 9.17) is 0 Å². The van der Waals surface area contributed by atoms with Crippen molar-refractivity contribution < 1.29 is 9.59 Å². The summed E-state index contributed by atoms with van der Waals surface area (Å²) in [6.07, 6.45) is 0.812. The van der Waals surface area contributed by atoms with Crippen LogP contribution in [-0.4, -0.2) is 37.3 Å². The van der Waals surface area contributed by atoms with Gasteiger partial charge in [0, 0.05) is 13.1 Å². The first-order valence-corrected chi connectivity index (χ1v) is 2.50. The van der Waals surface area contributed by atoms with Crippen molar-refractivity contribution in [1.82, 2.24) is 4.81 Å². The molecular formula is C4H6BNO2. The summed E-state index contributed by atoms with van der Waals surface area (Å²) in [6, 6.07) is 0.